The van der Waals surface area contributed by atoms with Crippen molar-refractivity contribution in [3.63, 3.8) is 0 Å². The highest BCUT2D eigenvalue weighted by Crippen LogP contribution is 2.31. The third-order valence-corrected chi connectivity index (χ3v) is 6.73. The smallest absolute Gasteiger partial charge is 0.140 e. The minimum Gasteiger partial charge on any atom is -0.494 e. The molecule has 4 rings (SSSR count). The second kappa shape index (κ2) is 13.8. The lowest BCUT2D eigenvalue weighted by Gasteiger charge is -2.24. The van der Waals surface area contributed by atoms with Crippen molar-refractivity contribution in [3.05, 3.63) is 96.2 Å². The molecule has 0 saturated carbocycles. The molecular weight excluding hydrogens is 454 g/mol. The minimum atomic E-state index is 0.690. The molecule has 0 radical (unpaired) electrons. The minimum absolute atomic E-state index is 0.690. The SMILES string of the molecule is CCCCN(Cc1ccc(OCC)cc1)Cc1c(-c2ccccc2)nc(-c2ccccc2)n1CCCC. The van der Waals surface area contributed by atoms with E-state index in [1.807, 2.05) is 6.92 Å². The number of unbranched alkanes of at least 4 members (excludes halogenated alkanes) is 2. The van der Waals surface area contributed by atoms with Crippen molar-refractivity contribution in [3.8, 4) is 28.4 Å². The predicted molar refractivity (Wildman–Crippen MR) is 155 cm³/mol. The molecule has 4 nitrogen and oxygen atoms in total. The summed E-state index contributed by atoms with van der Waals surface area (Å²) in [6.07, 6.45) is 4.63. The monoisotopic (exact) mass is 495 g/mol. The summed E-state index contributed by atoms with van der Waals surface area (Å²) in [5.41, 5.74) is 6.07. The molecule has 0 aliphatic heterocycles. The molecule has 1 aromatic heterocycles. The molecule has 0 fully saturated rings. The molecule has 0 saturated heterocycles. The van der Waals surface area contributed by atoms with Crippen LogP contribution in [0.15, 0.2) is 84.9 Å². The highest BCUT2D eigenvalue weighted by Gasteiger charge is 2.21. The van der Waals surface area contributed by atoms with E-state index >= 15 is 0 Å². The van der Waals surface area contributed by atoms with Crippen LogP contribution >= 0.6 is 0 Å². The van der Waals surface area contributed by atoms with Crippen LogP contribution in [0, 0.1) is 0 Å². The highest BCUT2D eigenvalue weighted by atomic mass is 16.5. The van der Waals surface area contributed by atoms with Gasteiger partial charge in [0, 0.05) is 30.8 Å². The van der Waals surface area contributed by atoms with Crippen LogP contribution in [-0.2, 0) is 19.6 Å². The number of nitrogens with zero attached hydrogens (tertiary/aromatic N) is 3. The van der Waals surface area contributed by atoms with Gasteiger partial charge in [-0.25, -0.2) is 4.98 Å². The van der Waals surface area contributed by atoms with Gasteiger partial charge >= 0.3 is 0 Å². The first-order valence-electron chi connectivity index (χ1n) is 13.9. The number of imidazole rings is 1. The van der Waals surface area contributed by atoms with Crippen LogP contribution < -0.4 is 4.74 Å². The summed E-state index contributed by atoms with van der Waals surface area (Å²) < 4.78 is 8.15. The largest absolute Gasteiger partial charge is 0.494 e. The molecule has 4 heteroatoms. The molecule has 0 atom stereocenters. The zero-order valence-corrected chi connectivity index (χ0v) is 22.7. The first-order valence-corrected chi connectivity index (χ1v) is 13.9. The number of aromatic nitrogens is 2. The molecule has 1 heterocycles. The molecule has 0 N–H and O–H groups in total. The molecular formula is C33H41N3O. The molecule has 0 spiro atoms. The summed E-state index contributed by atoms with van der Waals surface area (Å²) in [5.74, 6) is 2.00. The second-order valence-corrected chi connectivity index (χ2v) is 9.61. The second-order valence-electron chi connectivity index (χ2n) is 9.61. The van der Waals surface area contributed by atoms with E-state index in [4.69, 9.17) is 9.72 Å². The van der Waals surface area contributed by atoms with Crippen molar-refractivity contribution in [2.75, 3.05) is 13.2 Å². The molecule has 0 aliphatic rings. The molecule has 194 valence electrons. The van der Waals surface area contributed by atoms with Crippen LogP contribution in [0.2, 0.25) is 0 Å². The van der Waals surface area contributed by atoms with Crippen molar-refractivity contribution in [1.82, 2.24) is 14.5 Å². The molecule has 4 aromatic rings. The first-order chi connectivity index (χ1) is 18.2. The maximum atomic E-state index is 5.66. The average molecular weight is 496 g/mol. The molecule has 0 unspecified atom stereocenters. The van der Waals surface area contributed by atoms with Crippen LogP contribution in [0.4, 0.5) is 0 Å². The number of ether oxygens (including phenoxy) is 1. The summed E-state index contributed by atoms with van der Waals surface area (Å²) >= 11 is 0. The first kappa shape index (κ1) is 26.7. The van der Waals surface area contributed by atoms with E-state index in [-0.39, 0.29) is 0 Å². The van der Waals surface area contributed by atoms with Gasteiger partial charge in [0.25, 0.3) is 0 Å². The summed E-state index contributed by atoms with van der Waals surface area (Å²) in [5, 5.41) is 0. The van der Waals surface area contributed by atoms with Gasteiger partial charge in [0.05, 0.1) is 18.0 Å². The molecule has 3 aromatic carbocycles. The predicted octanol–water partition coefficient (Wildman–Crippen LogP) is 8.22. The Labute approximate surface area is 222 Å². The molecule has 0 bridgehead atoms. The lowest BCUT2D eigenvalue weighted by molar-refractivity contribution is 0.246. The zero-order valence-electron chi connectivity index (χ0n) is 22.7. The number of rotatable bonds is 14. The van der Waals surface area contributed by atoms with E-state index in [0.29, 0.717) is 6.61 Å². The van der Waals surface area contributed by atoms with Gasteiger partial charge in [-0.1, -0.05) is 99.5 Å². The highest BCUT2D eigenvalue weighted by molar-refractivity contribution is 5.68. The third kappa shape index (κ3) is 7.11. The zero-order chi connectivity index (χ0) is 25.9. The Kier molecular flexibility index (Phi) is 9.96. The topological polar surface area (TPSA) is 30.3 Å². The number of hydrogen-bond acceptors (Lipinski definition) is 3. The van der Waals surface area contributed by atoms with E-state index < -0.39 is 0 Å². The van der Waals surface area contributed by atoms with Crippen molar-refractivity contribution in [2.45, 2.75) is 66.1 Å². The van der Waals surface area contributed by atoms with E-state index in [9.17, 15) is 0 Å². The fourth-order valence-electron chi connectivity index (χ4n) is 4.76. The lowest BCUT2D eigenvalue weighted by Crippen LogP contribution is -2.26. The van der Waals surface area contributed by atoms with Crippen LogP contribution in [0.1, 0.15) is 57.7 Å². The fraction of sp³-hybridized carbons (Fsp3) is 0.364. The molecule has 0 amide bonds. The summed E-state index contributed by atoms with van der Waals surface area (Å²) in [6, 6.07) is 29.9. The van der Waals surface area contributed by atoms with E-state index in [1.165, 1.54) is 35.2 Å². The van der Waals surface area contributed by atoms with Crippen LogP contribution in [0.5, 0.6) is 5.75 Å². The van der Waals surface area contributed by atoms with E-state index in [2.05, 4.69) is 108 Å². The quantitative estimate of drug-likeness (QED) is 0.176. The summed E-state index contributed by atoms with van der Waals surface area (Å²) in [4.78, 5) is 7.88. The Hall–Kier alpha value is -3.37. The average Bonchev–Trinajstić information content (AvgIpc) is 3.30. The Morgan fingerprint density at radius 1 is 0.730 bits per heavy atom. The van der Waals surface area contributed by atoms with Gasteiger partial charge < -0.3 is 9.30 Å². The van der Waals surface area contributed by atoms with Gasteiger partial charge in [-0.3, -0.25) is 4.90 Å². The van der Waals surface area contributed by atoms with Gasteiger partial charge in [0.1, 0.15) is 11.6 Å². The van der Waals surface area contributed by atoms with Crippen molar-refractivity contribution in [2.24, 2.45) is 0 Å². The van der Waals surface area contributed by atoms with Crippen molar-refractivity contribution in [1.29, 1.82) is 0 Å². The molecule has 37 heavy (non-hydrogen) atoms. The van der Waals surface area contributed by atoms with Gasteiger partial charge in [0.15, 0.2) is 0 Å². The van der Waals surface area contributed by atoms with E-state index in [1.54, 1.807) is 0 Å². The summed E-state index contributed by atoms with van der Waals surface area (Å²) in [7, 11) is 0. The third-order valence-electron chi connectivity index (χ3n) is 6.73. The Bertz CT molecular complexity index is 1200. The van der Waals surface area contributed by atoms with Crippen molar-refractivity contribution < 1.29 is 4.74 Å². The maximum Gasteiger partial charge on any atom is 0.140 e. The molecule has 0 aliphatic carbocycles. The number of benzene rings is 3. The number of hydrogen-bond donors (Lipinski definition) is 0. The fourth-order valence-corrected chi connectivity index (χ4v) is 4.76. The van der Waals surface area contributed by atoms with Gasteiger partial charge in [-0.05, 0) is 44.0 Å². The van der Waals surface area contributed by atoms with Crippen LogP contribution in [-0.4, -0.2) is 27.6 Å². The normalized spacial score (nSPS) is 11.2. The standard InChI is InChI=1S/C33H41N3O/c1-4-7-23-35(25-27-19-21-30(22-20-27)37-6-3)26-31-32(28-15-11-9-12-16-28)34-33(36(31)24-8-5-2)29-17-13-10-14-18-29/h9-22H,4-8,23-26H2,1-3H3. The van der Waals surface area contributed by atoms with Gasteiger partial charge in [-0.2, -0.15) is 0 Å². The van der Waals surface area contributed by atoms with Gasteiger partial charge in [0.2, 0.25) is 0 Å². The Balaban J connectivity index is 1.74. The lowest BCUT2D eigenvalue weighted by atomic mass is 10.1. The van der Waals surface area contributed by atoms with E-state index in [0.717, 1.165) is 56.3 Å². The van der Waals surface area contributed by atoms with Crippen molar-refractivity contribution >= 4 is 0 Å². The van der Waals surface area contributed by atoms with Crippen LogP contribution in [0.3, 0.4) is 0 Å². The summed E-state index contributed by atoms with van der Waals surface area (Å²) in [6.45, 7) is 11.0. The Morgan fingerprint density at radius 2 is 1.38 bits per heavy atom. The Morgan fingerprint density at radius 3 is 2.00 bits per heavy atom. The maximum absolute atomic E-state index is 5.66. The van der Waals surface area contributed by atoms with Gasteiger partial charge in [-0.15, -0.1) is 0 Å². The van der Waals surface area contributed by atoms with Crippen LogP contribution in [0.25, 0.3) is 22.6 Å².